The summed E-state index contributed by atoms with van der Waals surface area (Å²) < 4.78 is 40.1. The Hall–Kier alpha value is -3.18. The van der Waals surface area contributed by atoms with E-state index in [0.29, 0.717) is 122 Å². The predicted molar refractivity (Wildman–Crippen MR) is 326 cm³/mol. The van der Waals surface area contributed by atoms with Gasteiger partial charge >= 0.3 is 35.8 Å². The Morgan fingerprint density at radius 1 is 0.200 bits per heavy atom. The van der Waals surface area contributed by atoms with Crippen molar-refractivity contribution < 1.29 is 57.2 Å². The average molecular weight is 1140 g/mol. The van der Waals surface area contributed by atoms with Crippen molar-refractivity contribution in [1.29, 1.82) is 0 Å². The lowest BCUT2D eigenvalue weighted by atomic mass is 9.58. The number of ether oxygens (including phenoxy) is 6. The molecule has 0 aromatic carbocycles. The first-order valence-corrected chi connectivity index (χ1v) is 32.4. The minimum atomic E-state index is -1.70. The normalized spacial score (nSPS) is 16.9. The van der Waals surface area contributed by atoms with Crippen LogP contribution in [0.15, 0.2) is 0 Å². The van der Waals surface area contributed by atoms with Gasteiger partial charge in [-0.1, -0.05) is 132 Å². The lowest BCUT2D eigenvalue weighted by Crippen LogP contribution is -2.53. The van der Waals surface area contributed by atoms with Crippen molar-refractivity contribution in [3.8, 4) is 0 Å². The van der Waals surface area contributed by atoms with Gasteiger partial charge in [-0.25, -0.2) is 0 Å². The van der Waals surface area contributed by atoms with Gasteiger partial charge in [0, 0.05) is 0 Å². The van der Waals surface area contributed by atoms with Crippen molar-refractivity contribution in [2.24, 2.45) is 32.5 Å². The predicted octanol–water partition coefficient (Wildman–Crippen LogP) is 18.5. The molecule has 0 heterocycles. The average Bonchev–Trinajstić information content (AvgIpc) is 3.44. The van der Waals surface area contributed by atoms with Gasteiger partial charge in [0.15, 0.2) is 0 Å². The third kappa shape index (κ3) is 18.2. The molecule has 0 aliphatic rings. The zero-order valence-electron chi connectivity index (χ0n) is 56.9. The Balaban J connectivity index is 9.47. The molecular formula is C68H126O12. The van der Waals surface area contributed by atoms with Gasteiger partial charge in [0.2, 0.25) is 0 Å². The molecule has 0 saturated carbocycles. The molecule has 0 bridgehead atoms. The second-order valence-corrected chi connectivity index (χ2v) is 26.7. The first-order valence-electron chi connectivity index (χ1n) is 32.4. The van der Waals surface area contributed by atoms with E-state index in [1.807, 2.05) is 138 Å². The fourth-order valence-corrected chi connectivity index (χ4v) is 13.4. The van der Waals surface area contributed by atoms with Crippen molar-refractivity contribution in [2.75, 3.05) is 0 Å². The van der Waals surface area contributed by atoms with Gasteiger partial charge in [0.05, 0.1) is 32.5 Å². The number of hydrogen-bond acceptors (Lipinski definition) is 12. The van der Waals surface area contributed by atoms with Crippen molar-refractivity contribution in [3.63, 3.8) is 0 Å². The van der Waals surface area contributed by atoms with Crippen LogP contribution in [-0.4, -0.2) is 69.4 Å². The molecule has 80 heavy (non-hydrogen) atoms. The van der Waals surface area contributed by atoms with E-state index in [2.05, 4.69) is 0 Å². The van der Waals surface area contributed by atoms with E-state index in [1.54, 1.807) is 41.5 Å². The topological polar surface area (TPSA) is 158 Å². The Morgan fingerprint density at radius 3 is 0.500 bits per heavy atom. The first-order chi connectivity index (χ1) is 37.0. The summed E-state index contributed by atoms with van der Waals surface area (Å²) in [6.07, 6.45) is 9.40. The van der Waals surface area contributed by atoms with E-state index >= 15 is 19.2 Å². The highest BCUT2D eigenvalue weighted by atomic mass is 16.6. The van der Waals surface area contributed by atoms with Crippen LogP contribution >= 0.6 is 0 Å². The Labute approximate surface area is 491 Å². The zero-order chi connectivity index (χ0) is 62.7. The third-order valence-electron chi connectivity index (χ3n) is 21.2. The molecule has 0 aliphatic carbocycles. The smallest absolute Gasteiger partial charge is 0.312 e. The third-order valence-corrected chi connectivity index (χ3v) is 21.2. The summed E-state index contributed by atoms with van der Waals surface area (Å²) in [7, 11) is 0. The van der Waals surface area contributed by atoms with Crippen LogP contribution in [0.1, 0.15) is 334 Å². The molecule has 0 radical (unpaired) electrons. The van der Waals surface area contributed by atoms with Crippen LogP contribution < -0.4 is 0 Å². The molecule has 0 rings (SSSR count). The summed E-state index contributed by atoms with van der Waals surface area (Å²) >= 11 is 0. The van der Waals surface area contributed by atoms with Gasteiger partial charge in [0.25, 0.3) is 0 Å². The lowest BCUT2D eigenvalue weighted by molar-refractivity contribution is -0.193. The van der Waals surface area contributed by atoms with Gasteiger partial charge in [-0.05, 0) is 203 Å². The summed E-state index contributed by atoms with van der Waals surface area (Å²) in [6.45, 7) is 50.3. The van der Waals surface area contributed by atoms with Crippen LogP contribution in [0.25, 0.3) is 0 Å². The molecule has 5 atom stereocenters. The molecule has 0 N–H and O–H groups in total. The van der Waals surface area contributed by atoms with Crippen LogP contribution in [0.5, 0.6) is 0 Å². The number of carbonyl (C=O) groups excluding carboxylic acids is 6. The van der Waals surface area contributed by atoms with Gasteiger partial charge in [-0.2, -0.15) is 0 Å². The van der Waals surface area contributed by atoms with Crippen molar-refractivity contribution >= 4 is 35.8 Å². The first kappa shape index (κ1) is 76.8. The van der Waals surface area contributed by atoms with Gasteiger partial charge in [0.1, 0.15) is 33.6 Å². The summed E-state index contributed by atoms with van der Waals surface area (Å²) in [5.41, 5.74) is -13.9. The highest BCUT2D eigenvalue weighted by Crippen LogP contribution is 2.56. The molecule has 12 heteroatoms. The molecular weight excluding hydrogens is 1010 g/mol. The number of hydrogen-bond donors (Lipinski definition) is 0. The molecule has 0 aromatic rings. The molecule has 0 aromatic heterocycles. The van der Waals surface area contributed by atoms with Gasteiger partial charge < -0.3 is 28.4 Å². The lowest BCUT2D eigenvalue weighted by Gasteiger charge is -2.48. The molecule has 470 valence electrons. The van der Waals surface area contributed by atoms with Crippen molar-refractivity contribution in [1.82, 2.24) is 0 Å². The zero-order valence-corrected chi connectivity index (χ0v) is 56.9. The number of rotatable bonds is 41. The van der Waals surface area contributed by atoms with Crippen LogP contribution in [-0.2, 0) is 57.2 Å². The van der Waals surface area contributed by atoms with E-state index < -0.39 is 102 Å². The fourth-order valence-electron chi connectivity index (χ4n) is 13.4. The standard InChI is InChI=1S/C68H126O12/c1-27-58(22,52(70)76-64(31-5,32-6)33-7)47-60(24,54(72)78-66(37-11,38-12)39-13)49-62(26,56(74)80-68(43-17,44-18)45-19)50-61(25,55(73)79-67(40-14,41-15)42-16)48-59(23,53(71)77-65(34-8,35-9)36-10)46-57(20,21)51(69)75-63(28-2,29-3)30-4/h27-50H2,1-26H3. The Bertz CT molecular complexity index is 1900. The minimum absolute atomic E-state index is 0.0496. The maximum atomic E-state index is 16.1. The van der Waals surface area contributed by atoms with E-state index in [-0.39, 0.29) is 32.1 Å². The van der Waals surface area contributed by atoms with Crippen molar-refractivity contribution in [2.45, 2.75) is 368 Å². The van der Waals surface area contributed by atoms with Crippen molar-refractivity contribution in [3.05, 3.63) is 0 Å². The second kappa shape index (κ2) is 31.1. The van der Waals surface area contributed by atoms with Crippen LogP contribution in [0, 0.1) is 32.5 Å². The van der Waals surface area contributed by atoms with Crippen LogP contribution in [0.3, 0.4) is 0 Å². The maximum absolute atomic E-state index is 16.1. The molecule has 5 unspecified atom stereocenters. The molecule has 0 aliphatic heterocycles. The largest absolute Gasteiger partial charge is 0.459 e. The molecule has 12 nitrogen and oxygen atoms in total. The number of carbonyl (C=O) groups is 6. The fraction of sp³-hybridized carbons (Fsp3) is 0.912. The Kier molecular flexibility index (Phi) is 29.9. The SMILES string of the molecule is CCC(CC)(CC)OC(=O)C(C)(C)CC(C)(CC(C)(CC(C)(CC(C)(CC(C)(CC)C(=O)OC(CC)(CC)CC)C(=O)OC(CC)(CC)CC)C(=O)OC(CC)(CC)CC)C(=O)OC(CC)(CC)CC)C(=O)OC(CC)(CC)CC. The van der Waals surface area contributed by atoms with E-state index in [9.17, 15) is 9.59 Å². The summed E-state index contributed by atoms with van der Waals surface area (Å²) in [5.74, 6) is -3.27. The summed E-state index contributed by atoms with van der Waals surface area (Å²) in [5, 5.41) is 0. The summed E-state index contributed by atoms with van der Waals surface area (Å²) in [4.78, 5) is 93.4. The van der Waals surface area contributed by atoms with E-state index in [0.717, 1.165) is 0 Å². The highest BCUT2D eigenvalue weighted by Gasteiger charge is 2.60. The molecule has 0 amide bonds. The monoisotopic (exact) mass is 1130 g/mol. The van der Waals surface area contributed by atoms with E-state index in [4.69, 9.17) is 28.4 Å². The Morgan fingerprint density at radius 2 is 0.338 bits per heavy atom. The van der Waals surface area contributed by atoms with Gasteiger partial charge in [-0.15, -0.1) is 0 Å². The van der Waals surface area contributed by atoms with Crippen LogP contribution in [0.2, 0.25) is 0 Å². The molecule has 0 spiro atoms. The highest BCUT2D eigenvalue weighted by molar-refractivity contribution is 5.86. The molecule has 0 saturated heterocycles. The molecule has 0 fully saturated rings. The summed E-state index contributed by atoms with van der Waals surface area (Å²) in [6, 6.07) is 0. The minimum Gasteiger partial charge on any atom is -0.459 e. The quantitative estimate of drug-likeness (QED) is 0.0422. The van der Waals surface area contributed by atoms with E-state index in [1.165, 1.54) is 0 Å². The van der Waals surface area contributed by atoms with Crippen LogP contribution in [0.4, 0.5) is 0 Å². The second-order valence-electron chi connectivity index (χ2n) is 26.7. The maximum Gasteiger partial charge on any atom is 0.312 e. The number of esters is 6. The van der Waals surface area contributed by atoms with Gasteiger partial charge in [-0.3, -0.25) is 28.8 Å².